The summed E-state index contributed by atoms with van der Waals surface area (Å²) >= 11 is 3.04. The van der Waals surface area contributed by atoms with Crippen molar-refractivity contribution >= 4 is 40.0 Å². The summed E-state index contributed by atoms with van der Waals surface area (Å²) in [6.45, 7) is 0. The first-order valence-corrected chi connectivity index (χ1v) is 8.70. The highest BCUT2D eigenvalue weighted by molar-refractivity contribution is 7.99. The molecule has 1 aromatic heterocycles. The number of carbonyl (C=O) groups is 2. The SMILES string of the molecule is NC(=O)Cc1csc(NC(=O)CCCSc2ccccc2)n1. The van der Waals surface area contributed by atoms with Crippen LogP contribution in [0.25, 0.3) is 0 Å². The van der Waals surface area contributed by atoms with Gasteiger partial charge in [0.15, 0.2) is 5.13 Å². The monoisotopic (exact) mass is 335 g/mol. The van der Waals surface area contributed by atoms with Gasteiger partial charge in [-0.2, -0.15) is 0 Å². The Kier molecular flexibility index (Phi) is 6.42. The maximum Gasteiger partial charge on any atom is 0.226 e. The van der Waals surface area contributed by atoms with Gasteiger partial charge in [0.25, 0.3) is 0 Å². The van der Waals surface area contributed by atoms with Crippen molar-refractivity contribution in [2.24, 2.45) is 5.73 Å². The Hall–Kier alpha value is -1.86. The predicted octanol–water partition coefficient (Wildman–Crippen LogP) is 2.68. The highest BCUT2D eigenvalue weighted by Crippen LogP contribution is 2.19. The van der Waals surface area contributed by atoms with E-state index in [-0.39, 0.29) is 12.3 Å². The van der Waals surface area contributed by atoms with Gasteiger partial charge < -0.3 is 11.1 Å². The molecule has 0 saturated heterocycles. The van der Waals surface area contributed by atoms with E-state index in [1.807, 2.05) is 18.2 Å². The molecule has 0 bridgehead atoms. The highest BCUT2D eigenvalue weighted by atomic mass is 32.2. The Morgan fingerprint density at radius 1 is 1.27 bits per heavy atom. The fraction of sp³-hybridized carbons (Fsp3) is 0.267. The summed E-state index contributed by atoms with van der Waals surface area (Å²) in [4.78, 5) is 28.0. The number of nitrogens with two attached hydrogens (primary N) is 1. The maximum absolute atomic E-state index is 11.8. The zero-order valence-corrected chi connectivity index (χ0v) is 13.6. The molecule has 0 spiro atoms. The van der Waals surface area contributed by atoms with Crippen molar-refractivity contribution in [1.82, 2.24) is 4.98 Å². The summed E-state index contributed by atoms with van der Waals surface area (Å²) in [5.41, 5.74) is 5.69. The lowest BCUT2D eigenvalue weighted by molar-refractivity contribution is -0.117. The Morgan fingerprint density at radius 2 is 2.05 bits per heavy atom. The molecule has 0 fully saturated rings. The minimum Gasteiger partial charge on any atom is -0.369 e. The van der Waals surface area contributed by atoms with Crippen LogP contribution in [0.3, 0.4) is 0 Å². The van der Waals surface area contributed by atoms with Crippen LogP contribution in [-0.2, 0) is 16.0 Å². The van der Waals surface area contributed by atoms with E-state index in [1.54, 1.807) is 17.1 Å². The van der Waals surface area contributed by atoms with Gasteiger partial charge in [-0.25, -0.2) is 4.98 Å². The number of aromatic nitrogens is 1. The normalized spacial score (nSPS) is 10.4. The molecule has 1 aromatic carbocycles. The summed E-state index contributed by atoms with van der Waals surface area (Å²) in [7, 11) is 0. The lowest BCUT2D eigenvalue weighted by Crippen LogP contribution is -2.14. The fourth-order valence-corrected chi connectivity index (χ4v) is 3.35. The van der Waals surface area contributed by atoms with Gasteiger partial charge in [0, 0.05) is 16.7 Å². The molecule has 116 valence electrons. The molecule has 22 heavy (non-hydrogen) atoms. The third-order valence-electron chi connectivity index (χ3n) is 2.71. The van der Waals surface area contributed by atoms with Crippen molar-refractivity contribution in [1.29, 1.82) is 0 Å². The van der Waals surface area contributed by atoms with Crippen molar-refractivity contribution < 1.29 is 9.59 Å². The van der Waals surface area contributed by atoms with Crippen LogP contribution < -0.4 is 11.1 Å². The molecule has 0 saturated carbocycles. The molecular weight excluding hydrogens is 318 g/mol. The molecule has 0 unspecified atom stereocenters. The molecule has 0 atom stereocenters. The van der Waals surface area contributed by atoms with Crippen LogP contribution in [0.1, 0.15) is 18.5 Å². The van der Waals surface area contributed by atoms with E-state index in [4.69, 9.17) is 5.73 Å². The van der Waals surface area contributed by atoms with E-state index >= 15 is 0 Å². The number of carbonyl (C=O) groups excluding carboxylic acids is 2. The van der Waals surface area contributed by atoms with Gasteiger partial charge in [-0.05, 0) is 24.3 Å². The van der Waals surface area contributed by atoms with Gasteiger partial charge in [-0.1, -0.05) is 18.2 Å². The van der Waals surface area contributed by atoms with Crippen molar-refractivity contribution in [3.8, 4) is 0 Å². The Labute approximate surface area is 137 Å². The number of nitrogens with zero attached hydrogens (tertiary/aromatic N) is 1. The Balaban J connectivity index is 1.67. The molecule has 7 heteroatoms. The third kappa shape index (κ3) is 5.87. The molecule has 1 heterocycles. The van der Waals surface area contributed by atoms with E-state index in [9.17, 15) is 9.59 Å². The van der Waals surface area contributed by atoms with Crippen LogP contribution in [0, 0.1) is 0 Å². The Morgan fingerprint density at radius 3 is 2.77 bits per heavy atom. The molecule has 2 aromatic rings. The first-order chi connectivity index (χ1) is 10.6. The second kappa shape index (κ2) is 8.55. The first-order valence-electron chi connectivity index (χ1n) is 6.84. The van der Waals surface area contributed by atoms with Crippen LogP contribution in [0.5, 0.6) is 0 Å². The van der Waals surface area contributed by atoms with Gasteiger partial charge in [-0.15, -0.1) is 23.1 Å². The highest BCUT2D eigenvalue weighted by Gasteiger charge is 2.08. The number of benzene rings is 1. The van der Waals surface area contributed by atoms with Gasteiger partial charge in [0.05, 0.1) is 12.1 Å². The predicted molar refractivity (Wildman–Crippen MR) is 90.0 cm³/mol. The van der Waals surface area contributed by atoms with Gasteiger partial charge in [-0.3, -0.25) is 9.59 Å². The van der Waals surface area contributed by atoms with Crippen molar-refractivity contribution in [3.05, 3.63) is 41.4 Å². The molecule has 0 aliphatic rings. The lowest BCUT2D eigenvalue weighted by atomic mass is 10.3. The molecule has 0 radical (unpaired) electrons. The van der Waals surface area contributed by atoms with Crippen molar-refractivity contribution in [3.63, 3.8) is 0 Å². The number of hydrogen-bond acceptors (Lipinski definition) is 5. The number of thioether (sulfide) groups is 1. The molecule has 2 amide bonds. The second-order valence-corrected chi connectivity index (χ2v) is 6.63. The second-order valence-electron chi connectivity index (χ2n) is 4.60. The molecule has 3 N–H and O–H groups in total. The van der Waals surface area contributed by atoms with Crippen LogP contribution in [-0.4, -0.2) is 22.6 Å². The first kappa shape index (κ1) is 16.5. The fourth-order valence-electron chi connectivity index (χ4n) is 1.75. The van der Waals surface area contributed by atoms with E-state index < -0.39 is 5.91 Å². The standard InChI is InChI=1S/C15H17N3O2S2/c16-13(19)9-11-10-22-15(17-11)18-14(20)7-4-8-21-12-5-2-1-3-6-12/h1-3,5-6,10H,4,7-9H2,(H2,16,19)(H,17,18,20). The maximum atomic E-state index is 11.8. The summed E-state index contributed by atoms with van der Waals surface area (Å²) in [5, 5.41) is 4.98. The van der Waals surface area contributed by atoms with Crippen LogP contribution in [0.2, 0.25) is 0 Å². The quantitative estimate of drug-likeness (QED) is 0.574. The summed E-state index contributed by atoms with van der Waals surface area (Å²) < 4.78 is 0. The minimum atomic E-state index is -0.430. The minimum absolute atomic E-state index is 0.0614. The molecule has 5 nitrogen and oxygen atoms in total. The zero-order chi connectivity index (χ0) is 15.8. The van der Waals surface area contributed by atoms with Gasteiger partial charge in [0.1, 0.15) is 0 Å². The third-order valence-corrected chi connectivity index (χ3v) is 4.62. The number of thiazole rings is 1. The largest absolute Gasteiger partial charge is 0.369 e. The lowest BCUT2D eigenvalue weighted by Gasteiger charge is -2.02. The van der Waals surface area contributed by atoms with Crippen LogP contribution in [0.4, 0.5) is 5.13 Å². The van der Waals surface area contributed by atoms with E-state index in [2.05, 4.69) is 22.4 Å². The average Bonchev–Trinajstić information content (AvgIpc) is 2.91. The average molecular weight is 335 g/mol. The van der Waals surface area contributed by atoms with Gasteiger partial charge in [0.2, 0.25) is 11.8 Å². The molecule has 0 aliphatic carbocycles. The van der Waals surface area contributed by atoms with Gasteiger partial charge >= 0.3 is 0 Å². The van der Waals surface area contributed by atoms with Crippen molar-refractivity contribution in [2.45, 2.75) is 24.2 Å². The van der Waals surface area contributed by atoms with Crippen LogP contribution >= 0.6 is 23.1 Å². The smallest absolute Gasteiger partial charge is 0.226 e. The number of primary amides is 1. The van der Waals surface area contributed by atoms with Crippen molar-refractivity contribution in [2.75, 3.05) is 11.1 Å². The molecule has 0 aliphatic heterocycles. The summed E-state index contributed by atoms with van der Waals surface area (Å²) in [6.07, 6.45) is 1.34. The summed E-state index contributed by atoms with van der Waals surface area (Å²) in [5.74, 6) is 0.400. The number of nitrogens with one attached hydrogen (secondary N) is 1. The number of anilines is 1. The topological polar surface area (TPSA) is 85.1 Å². The zero-order valence-electron chi connectivity index (χ0n) is 12.0. The number of hydrogen-bond donors (Lipinski definition) is 2. The number of amides is 2. The van der Waals surface area contributed by atoms with E-state index in [0.717, 1.165) is 12.2 Å². The van der Waals surface area contributed by atoms with E-state index in [1.165, 1.54) is 16.2 Å². The Bertz CT molecular complexity index is 629. The summed E-state index contributed by atoms with van der Waals surface area (Å²) in [6, 6.07) is 10.1. The van der Waals surface area contributed by atoms with Crippen LogP contribution in [0.15, 0.2) is 40.6 Å². The molecule has 2 rings (SSSR count). The number of rotatable bonds is 8. The van der Waals surface area contributed by atoms with E-state index in [0.29, 0.717) is 17.2 Å². The molecular formula is C15H17N3O2S2.